The van der Waals surface area contributed by atoms with Crippen molar-refractivity contribution in [3.8, 4) is 0 Å². The van der Waals surface area contributed by atoms with Crippen LogP contribution in [0.5, 0.6) is 0 Å². The van der Waals surface area contributed by atoms with Crippen LogP contribution in [0.1, 0.15) is 13.3 Å². The van der Waals surface area contributed by atoms with Crippen molar-refractivity contribution in [2.75, 3.05) is 10.5 Å². The first-order valence-corrected chi connectivity index (χ1v) is 6.32. The van der Waals surface area contributed by atoms with E-state index in [4.69, 9.17) is 11.6 Å². The number of hydrogen-bond donors (Lipinski definition) is 1. The van der Waals surface area contributed by atoms with Crippen LogP contribution in [0.2, 0.25) is 5.02 Å². The number of nitrogens with one attached hydrogen (secondary N) is 1. The van der Waals surface area contributed by atoms with Crippen LogP contribution in [-0.4, -0.2) is 14.2 Å². The zero-order valence-corrected chi connectivity index (χ0v) is 9.40. The van der Waals surface area contributed by atoms with Crippen molar-refractivity contribution in [1.29, 1.82) is 0 Å². The van der Waals surface area contributed by atoms with Gasteiger partial charge in [0.05, 0.1) is 5.75 Å². The Bertz CT molecular complexity index is 386. The third kappa shape index (κ3) is 3.55. The quantitative estimate of drug-likeness (QED) is 0.869. The molecule has 0 amide bonds. The molecular weight excluding hydrogens is 222 g/mol. The molecule has 3 nitrogen and oxygen atoms in total. The molecular formula is C9H12ClNO2S. The lowest BCUT2D eigenvalue weighted by molar-refractivity contribution is 0.600. The summed E-state index contributed by atoms with van der Waals surface area (Å²) in [7, 11) is -3.19. The van der Waals surface area contributed by atoms with Crippen LogP contribution < -0.4 is 4.72 Å². The standard InChI is InChI=1S/C9H12ClNO2S/c1-2-7-14(12,13)11-9-5-3-8(10)4-6-9/h3-6,11H,2,7H2,1H3. The molecule has 1 rings (SSSR count). The Hall–Kier alpha value is -0.740. The van der Waals surface area contributed by atoms with Gasteiger partial charge in [0, 0.05) is 10.7 Å². The highest BCUT2D eigenvalue weighted by molar-refractivity contribution is 7.92. The predicted octanol–water partition coefficient (Wildman–Crippen LogP) is 2.49. The Balaban J connectivity index is 2.74. The number of anilines is 1. The molecule has 5 heteroatoms. The van der Waals surface area contributed by atoms with Crippen LogP contribution in [-0.2, 0) is 10.0 Å². The second-order valence-corrected chi connectivity index (χ2v) is 5.21. The van der Waals surface area contributed by atoms with Crippen LogP contribution in [0.4, 0.5) is 5.69 Å². The lowest BCUT2D eigenvalue weighted by atomic mass is 10.3. The van der Waals surface area contributed by atoms with Gasteiger partial charge in [-0.05, 0) is 30.7 Å². The van der Waals surface area contributed by atoms with Crippen LogP contribution in [0.3, 0.4) is 0 Å². The molecule has 0 bridgehead atoms. The van der Waals surface area contributed by atoms with Gasteiger partial charge in [0.15, 0.2) is 0 Å². The SMILES string of the molecule is CCCS(=O)(=O)Nc1ccc(Cl)cc1. The van der Waals surface area contributed by atoms with Crippen molar-refractivity contribution in [1.82, 2.24) is 0 Å². The molecule has 0 aromatic heterocycles. The van der Waals surface area contributed by atoms with Gasteiger partial charge in [-0.2, -0.15) is 0 Å². The fraction of sp³-hybridized carbons (Fsp3) is 0.333. The highest BCUT2D eigenvalue weighted by Gasteiger charge is 2.07. The molecule has 0 heterocycles. The molecule has 1 aromatic rings. The molecule has 1 N–H and O–H groups in total. The molecule has 0 aliphatic carbocycles. The second-order valence-electron chi connectivity index (χ2n) is 2.93. The fourth-order valence-electron chi connectivity index (χ4n) is 1.02. The monoisotopic (exact) mass is 233 g/mol. The third-order valence-electron chi connectivity index (χ3n) is 1.59. The van der Waals surface area contributed by atoms with Crippen LogP contribution in [0.25, 0.3) is 0 Å². The normalized spacial score (nSPS) is 11.3. The average molecular weight is 234 g/mol. The fourth-order valence-corrected chi connectivity index (χ4v) is 2.28. The van der Waals surface area contributed by atoms with Crippen molar-refractivity contribution in [3.63, 3.8) is 0 Å². The predicted molar refractivity (Wildman–Crippen MR) is 59.2 cm³/mol. The maximum Gasteiger partial charge on any atom is 0.232 e. The van der Waals surface area contributed by atoms with Crippen molar-refractivity contribution >= 4 is 27.3 Å². The molecule has 1 aromatic carbocycles. The maximum absolute atomic E-state index is 11.3. The minimum Gasteiger partial charge on any atom is -0.284 e. The molecule has 0 aliphatic heterocycles. The van der Waals surface area contributed by atoms with E-state index in [0.29, 0.717) is 17.1 Å². The summed E-state index contributed by atoms with van der Waals surface area (Å²) in [4.78, 5) is 0. The largest absolute Gasteiger partial charge is 0.284 e. The topological polar surface area (TPSA) is 46.2 Å². The summed E-state index contributed by atoms with van der Waals surface area (Å²) in [6.07, 6.45) is 0.600. The molecule has 0 atom stereocenters. The molecule has 0 aliphatic rings. The van der Waals surface area contributed by atoms with Gasteiger partial charge < -0.3 is 0 Å². The number of sulfonamides is 1. The lowest BCUT2D eigenvalue weighted by Crippen LogP contribution is -2.15. The van der Waals surface area contributed by atoms with Gasteiger partial charge >= 0.3 is 0 Å². The van der Waals surface area contributed by atoms with Crippen LogP contribution in [0, 0.1) is 0 Å². The smallest absolute Gasteiger partial charge is 0.232 e. The van der Waals surface area contributed by atoms with Crippen LogP contribution in [0.15, 0.2) is 24.3 Å². The molecule has 0 spiro atoms. The number of benzene rings is 1. The molecule has 0 saturated heterocycles. The number of rotatable bonds is 4. The zero-order valence-electron chi connectivity index (χ0n) is 7.83. The molecule has 0 unspecified atom stereocenters. The van der Waals surface area contributed by atoms with E-state index in [0.717, 1.165) is 0 Å². The van der Waals surface area contributed by atoms with E-state index in [-0.39, 0.29) is 5.75 Å². The third-order valence-corrected chi connectivity index (χ3v) is 3.33. The van der Waals surface area contributed by atoms with E-state index in [1.807, 2.05) is 6.92 Å². The maximum atomic E-state index is 11.3. The van der Waals surface area contributed by atoms with E-state index in [1.165, 1.54) is 0 Å². The Morgan fingerprint density at radius 2 is 1.86 bits per heavy atom. The van der Waals surface area contributed by atoms with Crippen molar-refractivity contribution in [2.45, 2.75) is 13.3 Å². The summed E-state index contributed by atoms with van der Waals surface area (Å²) < 4.78 is 25.1. The van der Waals surface area contributed by atoms with E-state index in [9.17, 15) is 8.42 Å². The molecule has 0 saturated carbocycles. The van der Waals surface area contributed by atoms with Crippen molar-refractivity contribution in [2.24, 2.45) is 0 Å². The first-order chi connectivity index (χ1) is 6.53. The Labute approximate surface area is 89.1 Å². The average Bonchev–Trinajstić information content (AvgIpc) is 2.08. The first-order valence-electron chi connectivity index (χ1n) is 4.29. The van der Waals surface area contributed by atoms with Crippen molar-refractivity contribution < 1.29 is 8.42 Å². The molecule has 14 heavy (non-hydrogen) atoms. The minimum absolute atomic E-state index is 0.135. The number of halogens is 1. The van der Waals surface area contributed by atoms with Gasteiger partial charge in [0.2, 0.25) is 10.0 Å². The Kier molecular flexibility index (Phi) is 3.77. The highest BCUT2D eigenvalue weighted by atomic mass is 35.5. The van der Waals surface area contributed by atoms with E-state index in [1.54, 1.807) is 24.3 Å². The van der Waals surface area contributed by atoms with Crippen molar-refractivity contribution in [3.05, 3.63) is 29.3 Å². The highest BCUT2D eigenvalue weighted by Crippen LogP contribution is 2.14. The Morgan fingerprint density at radius 1 is 1.29 bits per heavy atom. The van der Waals surface area contributed by atoms with Gasteiger partial charge in [-0.15, -0.1) is 0 Å². The van der Waals surface area contributed by atoms with E-state index < -0.39 is 10.0 Å². The second kappa shape index (κ2) is 4.66. The van der Waals surface area contributed by atoms with Gasteiger partial charge in [0.1, 0.15) is 0 Å². The lowest BCUT2D eigenvalue weighted by Gasteiger charge is -2.06. The molecule has 0 fully saturated rings. The van der Waals surface area contributed by atoms with Gasteiger partial charge in [-0.1, -0.05) is 18.5 Å². The summed E-state index contributed by atoms with van der Waals surface area (Å²) in [5.41, 5.74) is 0.544. The van der Waals surface area contributed by atoms with Gasteiger partial charge in [-0.25, -0.2) is 8.42 Å². The Morgan fingerprint density at radius 3 is 2.36 bits per heavy atom. The summed E-state index contributed by atoms with van der Waals surface area (Å²) in [5.74, 6) is 0.135. The summed E-state index contributed by atoms with van der Waals surface area (Å²) >= 11 is 5.67. The van der Waals surface area contributed by atoms with Crippen LogP contribution >= 0.6 is 11.6 Å². The summed E-state index contributed by atoms with van der Waals surface area (Å²) in [6, 6.07) is 6.56. The molecule has 0 radical (unpaired) electrons. The van der Waals surface area contributed by atoms with E-state index >= 15 is 0 Å². The summed E-state index contributed by atoms with van der Waals surface area (Å²) in [6.45, 7) is 1.82. The minimum atomic E-state index is -3.19. The van der Waals surface area contributed by atoms with Gasteiger partial charge in [-0.3, -0.25) is 4.72 Å². The molecule has 78 valence electrons. The number of hydrogen-bond acceptors (Lipinski definition) is 2. The first kappa shape index (κ1) is 11.3. The zero-order chi connectivity index (χ0) is 10.6. The van der Waals surface area contributed by atoms with E-state index in [2.05, 4.69) is 4.72 Å². The van der Waals surface area contributed by atoms with Gasteiger partial charge in [0.25, 0.3) is 0 Å². The summed E-state index contributed by atoms with van der Waals surface area (Å²) in [5, 5.41) is 0.587.